The molecule has 0 fully saturated rings. The monoisotopic (exact) mass is 236 g/mol. The number of hydrogen-bond acceptors (Lipinski definition) is 5. The van der Waals surface area contributed by atoms with Crippen LogP contribution in [0.25, 0.3) is 11.1 Å². The van der Waals surface area contributed by atoms with Gasteiger partial charge in [-0.2, -0.15) is 0 Å². The van der Waals surface area contributed by atoms with E-state index in [1.54, 1.807) is 13.2 Å². The largest absolute Gasteiger partial charge is 0.438 e. The first-order valence-corrected chi connectivity index (χ1v) is 5.45. The zero-order chi connectivity index (χ0) is 12.3. The molecular formula is C12H16N2O3. The van der Waals surface area contributed by atoms with Gasteiger partial charge in [0.05, 0.1) is 18.4 Å². The Balaban J connectivity index is 2.07. The van der Waals surface area contributed by atoms with Crippen LogP contribution < -0.4 is 5.73 Å². The molecule has 92 valence electrons. The summed E-state index contributed by atoms with van der Waals surface area (Å²) in [6.45, 7) is 2.79. The number of anilines is 1. The van der Waals surface area contributed by atoms with E-state index in [0.717, 1.165) is 0 Å². The second kappa shape index (κ2) is 5.16. The summed E-state index contributed by atoms with van der Waals surface area (Å²) in [5.74, 6) is 0.529. The van der Waals surface area contributed by atoms with Gasteiger partial charge in [-0.15, -0.1) is 0 Å². The van der Waals surface area contributed by atoms with Crippen molar-refractivity contribution >= 4 is 16.8 Å². The number of oxazole rings is 1. The van der Waals surface area contributed by atoms with Gasteiger partial charge in [-0.1, -0.05) is 6.07 Å². The van der Waals surface area contributed by atoms with Crippen molar-refractivity contribution in [3.63, 3.8) is 0 Å². The molecule has 5 nitrogen and oxygen atoms in total. The Bertz CT molecular complexity index is 495. The van der Waals surface area contributed by atoms with Crippen molar-refractivity contribution in [2.45, 2.75) is 19.6 Å². The second-order valence-electron chi connectivity index (χ2n) is 3.88. The van der Waals surface area contributed by atoms with Crippen LogP contribution in [0.2, 0.25) is 0 Å². The van der Waals surface area contributed by atoms with Gasteiger partial charge in [0.25, 0.3) is 0 Å². The molecule has 0 amide bonds. The fraction of sp³-hybridized carbons (Fsp3) is 0.417. The summed E-state index contributed by atoms with van der Waals surface area (Å²) in [6, 6.07) is 5.46. The molecule has 0 saturated heterocycles. The van der Waals surface area contributed by atoms with E-state index in [4.69, 9.17) is 19.6 Å². The zero-order valence-electron chi connectivity index (χ0n) is 9.97. The molecule has 0 spiro atoms. The lowest BCUT2D eigenvalue weighted by molar-refractivity contribution is -0.00755. The number of ether oxygens (including phenoxy) is 2. The standard InChI is InChI=1S/C12H16N2O3/c1-8(6-15-2)16-7-11-14-12-9(13)4-3-5-10(12)17-11/h3-5,8H,6-7,13H2,1-2H3. The molecule has 1 heterocycles. The average molecular weight is 236 g/mol. The average Bonchev–Trinajstić information content (AvgIpc) is 2.71. The lowest BCUT2D eigenvalue weighted by Gasteiger charge is -2.09. The van der Waals surface area contributed by atoms with Crippen LogP contribution in [0.1, 0.15) is 12.8 Å². The highest BCUT2D eigenvalue weighted by Crippen LogP contribution is 2.21. The van der Waals surface area contributed by atoms with Crippen LogP contribution in [0.5, 0.6) is 0 Å². The summed E-state index contributed by atoms with van der Waals surface area (Å²) in [5.41, 5.74) is 7.77. The van der Waals surface area contributed by atoms with Crippen molar-refractivity contribution < 1.29 is 13.9 Å². The maximum atomic E-state index is 5.79. The summed E-state index contributed by atoms with van der Waals surface area (Å²) in [7, 11) is 1.64. The molecule has 0 aliphatic carbocycles. The highest BCUT2D eigenvalue weighted by Gasteiger charge is 2.09. The number of nitrogen functional groups attached to an aromatic ring is 1. The Labute approximate surface area is 99.5 Å². The van der Waals surface area contributed by atoms with Gasteiger partial charge >= 0.3 is 0 Å². The SMILES string of the molecule is COCC(C)OCc1nc2c(N)cccc2o1. The molecule has 2 rings (SSSR count). The maximum absolute atomic E-state index is 5.79. The number of methoxy groups -OCH3 is 1. The van der Waals surface area contributed by atoms with Gasteiger partial charge in [0.1, 0.15) is 12.1 Å². The Morgan fingerprint density at radius 2 is 2.29 bits per heavy atom. The number of aromatic nitrogens is 1. The van der Waals surface area contributed by atoms with Gasteiger partial charge in [0.2, 0.25) is 5.89 Å². The van der Waals surface area contributed by atoms with Crippen molar-refractivity contribution in [2.24, 2.45) is 0 Å². The molecule has 1 unspecified atom stereocenters. The highest BCUT2D eigenvalue weighted by atomic mass is 16.5. The minimum absolute atomic E-state index is 0.00681. The first-order chi connectivity index (χ1) is 8.20. The fourth-order valence-corrected chi connectivity index (χ4v) is 1.57. The zero-order valence-corrected chi connectivity index (χ0v) is 9.97. The van der Waals surface area contributed by atoms with E-state index in [9.17, 15) is 0 Å². The first kappa shape index (κ1) is 11.9. The number of nitrogens with two attached hydrogens (primary N) is 1. The van der Waals surface area contributed by atoms with Crippen LogP contribution in [0.4, 0.5) is 5.69 Å². The van der Waals surface area contributed by atoms with Crippen LogP contribution in [0.3, 0.4) is 0 Å². The van der Waals surface area contributed by atoms with Crippen LogP contribution in [-0.2, 0) is 16.1 Å². The quantitative estimate of drug-likeness (QED) is 0.803. The highest BCUT2D eigenvalue weighted by molar-refractivity contribution is 5.85. The van der Waals surface area contributed by atoms with Crippen LogP contribution in [0.15, 0.2) is 22.6 Å². The van der Waals surface area contributed by atoms with Gasteiger partial charge in [-0.3, -0.25) is 0 Å². The minimum atomic E-state index is 0.00681. The Morgan fingerprint density at radius 3 is 3.00 bits per heavy atom. The molecular weight excluding hydrogens is 220 g/mol. The number of fused-ring (bicyclic) bond motifs is 1. The number of nitrogens with zero attached hydrogens (tertiary/aromatic N) is 1. The van der Waals surface area contributed by atoms with Gasteiger partial charge < -0.3 is 19.6 Å². The van der Waals surface area contributed by atoms with Crippen LogP contribution in [-0.4, -0.2) is 24.8 Å². The Morgan fingerprint density at radius 1 is 1.47 bits per heavy atom. The summed E-state index contributed by atoms with van der Waals surface area (Å²) in [6.07, 6.45) is 0.00681. The number of rotatable bonds is 5. The van der Waals surface area contributed by atoms with Crippen LogP contribution in [0, 0.1) is 0 Å². The van der Waals surface area contributed by atoms with E-state index in [0.29, 0.717) is 35.9 Å². The van der Waals surface area contributed by atoms with Crippen molar-refractivity contribution in [2.75, 3.05) is 19.5 Å². The van der Waals surface area contributed by atoms with Gasteiger partial charge in [-0.05, 0) is 19.1 Å². The van der Waals surface area contributed by atoms with Gasteiger partial charge in [0.15, 0.2) is 5.58 Å². The lowest BCUT2D eigenvalue weighted by atomic mass is 10.3. The predicted octanol–water partition coefficient (Wildman–Crippen LogP) is 1.96. The molecule has 0 bridgehead atoms. The van der Waals surface area contributed by atoms with E-state index < -0.39 is 0 Å². The van der Waals surface area contributed by atoms with Crippen molar-refractivity contribution in [3.05, 3.63) is 24.1 Å². The van der Waals surface area contributed by atoms with Gasteiger partial charge in [-0.25, -0.2) is 4.98 Å². The third kappa shape index (κ3) is 2.75. The third-order valence-corrected chi connectivity index (χ3v) is 2.39. The molecule has 2 N–H and O–H groups in total. The number of para-hydroxylation sites is 1. The summed E-state index contributed by atoms with van der Waals surface area (Å²) < 4.78 is 16.0. The molecule has 2 aromatic rings. The van der Waals surface area contributed by atoms with Gasteiger partial charge in [0, 0.05) is 7.11 Å². The normalized spacial score (nSPS) is 13.1. The Kier molecular flexibility index (Phi) is 3.61. The van der Waals surface area contributed by atoms with Crippen LogP contribution >= 0.6 is 0 Å². The molecule has 1 aromatic heterocycles. The molecule has 0 aliphatic rings. The second-order valence-corrected chi connectivity index (χ2v) is 3.88. The molecule has 0 aliphatic heterocycles. The van der Waals surface area contributed by atoms with E-state index >= 15 is 0 Å². The van der Waals surface area contributed by atoms with Crippen molar-refractivity contribution in [3.8, 4) is 0 Å². The molecule has 17 heavy (non-hydrogen) atoms. The van der Waals surface area contributed by atoms with E-state index in [1.807, 2.05) is 19.1 Å². The fourth-order valence-electron chi connectivity index (χ4n) is 1.57. The lowest BCUT2D eigenvalue weighted by Crippen LogP contribution is -2.14. The predicted molar refractivity (Wildman–Crippen MR) is 64.5 cm³/mol. The molecule has 1 atom stereocenters. The topological polar surface area (TPSA) is 70.5 Å². The third-order valence-electron chi connectivity index (χ3n) is 2.39. The van der Waals surface area contributed by atoms with E-state index in [-0.39, 0.29) is 6.10 Å². The Hall–Kier alpha value is -1.59. The minimum Gasteiger partial charge on any atom is -0.438 e. The molecule has 0 saturated carbocycles. The summed E-state index contributed by atoms with van der Waals surface area (Å²) in [5, 5.41) is 0. The van der Waals surface area contributed by atoms with E-state index in [1.165, 1.54) is 0 Å². The first-order valence-electron chi connectivity index (χ1n) is 5.45. The van der Waals surface area contributed by atoms with Crippen molar-refractivity contribution in [1.29, 1.82) is 0 Å². The summed E-state index contributed by atoms with van der Waals surface area (Å²) in [4.78, 5) is 4.29. The van der Waals surface area contributed by atoms with E-state index in [2.05, 4.69) is 4.98 Å². The molecule has 1 aromatic carbocycles. The smallest absolute Gasteiger partial charge is 0.221 e. The number of benzene rings is 1. The molecule has 5 heteroatoms. The maximum Gasteiger partial charge on any atom is 0.221 e. The van der Waals surface area contributed by atoms with Crippen molar-refractivity contribution in [1.82, 2.24) is 4.98 Å². The number of hydrogen-bond donors (Lipinski definition) is 1. The molecule has 0 radical (unpaired) electrons. The summed E-state index contributed by atoms with van der Waals surface area (Å²) >= 11 is 0.